The van der Waals surface area contributed by atoms with Gasteiger partial charge >= 0.3 is 0 Å². The number of aromatic amines is 1. The van der Waals surface area contributed by atoms with Gasteiger partial charge in [0.05, 0.1) is 5.56 Å². The van der Waals surface area contributed by atoms with E-state index in [0.29, 0.717) is 0 Å². The highest BCUT2D eigenvalue weighted by Gasteiger charge is 2.18. The van der Waals surface area contributed by atoms with Gasteiger partial charge < -0.3 is 0 Å². The third-order valence-corrected chi connectivity index (χ3v) is 3.48. The molecule has 0 fully saturated rings. The van der Waals surface area contributed by atoms with Crippen LogP contribution >= 0.6 is 0 Å². The number of halogens is 2. The number of hydrogen-bond acceptors (Lipinski definition) is 4. The van der Waals surface area contributed by atoms with Crippen LogP contribution in [0.2, 0.25) is 0 Å². The van der Waals surface area contributed by atoms with Crippen LogP contribution in [0, 0.1) is 11.6 Å². The lowest BCUT2D eigenvalue weighted by Crippen LogP contribution is -2.14. The van der Waals surface area contributed by atoms with E-state index in [2.05, 4.69) is 25.6 Å². The molecule has 0 radical (unpaired) electrons. The Hall–Kier alpha value is -3.10. The molecular weight excluding hydrogens is 318 g/mol. The van der Waals surface area contributed by atoms with Crippen molar-refractivity contribution < 1.29 is 13.6 Å². The number of aryl methyl sites for hydroxylation is 2. The number of hydrogen-bond donors (Lipinski definition) is 2. The van der Waals surface area contributed by atoms with Crippen molar-refractivity contribution in [3.8, 4) is 11.4 Å². The van der Waals surface area contributed by atoms with Gasteiger partial charge in [0.25, 0.3) is 5.91 Å². The van der Waals surface area contributed by atoms with Gasteiger partial charge in [-0.3, -0.25) is 19.9 Å². The van der Waals surface area contributed by atoms with Gasteiger partial charge in [0, 0.05) is 12.7 Å². The number of nitrogens with zero attached hydrogens (tertiary/aromatic N) is 4. The zero-order valence-electron chi connectivity index (χ0n) is 13.0. The maximum absolute atomic E-state index is 13.7. The number of nitrogens with one attached hydrogen (secondary N) is 2. The van der Waals surface area contributed by atoms with E-state index in [9.17, 15) is 13.6 Å². The second kappa shape index (κ2) is 6.19. The molecule has 0 aliphatic rings. The maximum atomic E-state index is 13.7. The molecule has 3 rings (SSSR count). The lowest BCUT2D eigenvalue weighted by Gasteiger charge is -1.99. The number of aromatic nitrogens is 5. The van der Waals surface area contributed by atoms with Crippen molar-refractivity contribution in [2.45, 2.75) is 13.3 Å². The minimum absolute atomic E-state index is 0.0960. The SMILES string of the molecule is CCc1cc(C(=O)Nc2n[nH]c(-c3c(F)cccc3F)n2)nn1C. The molecule has 9 heteroatoms. The molecular formula is C15H14F2N6O. The van der Waals surface area contributed by atoms with Crippen LogP contribution in [0.4, 0.5) is 14.7 Å². The molecule has 0 aliphatic carbocycles. The summed E-state index contributed by atoms with van der Waals surface area (Å²) >= 11 is 0. The van der Waals surface area contributed by atoms with Crippen LogP contribution in [0.1, 0.15) is 23.1 Å². The fourth-order valence-corrected chi connectivity index (χ4v) is 2.27. The van der Waals surface area contributed by atoms with Gasteiger partial charge in [-0.05, 0) is 24.6 Å². The molecule has 0 spiro atoms. The van der Waals surface area contributed by atoms with Gasteiger partial charge in [-0.15, -0.1) is 5.10 Å². The first kappa shape index (κ1) is 15.8. The highest BCUT2D eigenvalue weighted by Crippen LogP contribution is 2.23. The number of carbonyl (C=O) groups is 1. The van der Waals surface area contributed by atoms with Gasteiger partial charge in [-0.2, -0.15) is 10.1 Å². The Kier molecular flexibility index (Phi) is 4.07. The Morgan fingerprint density at radius 1 is 1.33 bits per heavy atom. The quantitative estimate of drug-likeness (QED) is 0.767. The van der Waals surface area contributed by atoms with Crippen LogP contribution in [0.25, 0.3) is 11.4 Å². The smallest absolute Gasteiger partial charge is 0.278 e. The Labute approximate surface area is 135 Å². The van der Waals surface area contributed by atoms with Gasteiger partial charge in [-0.1, -0.05) is 13.0 Å². The zero-order chi connectivity index (χ0) is 17.3. The highest BCUT2D eigenvalue weighted by molar-refractivity contribution is 6.02. The Bertz CT molecular complexity index is 881. The lowest BCUT2D eigenvalue weighted by atomic mass is 10.2. The average molecular weight is 332 g/mol. The number of carbonyl (C=O) groups excluding carboxylic acids is 1. The predicted molar refractivity (Wildman–Crippen MR) is 82.3 cm³/mol. The van der Waals surface area contributed by atoms with Crippen molar-refractivity contribution in [3.05, 3.63) is 47.3 Å². The minimum Gasteiger partial charge on any atom is -0.288 e. The fourth-order valence-electron chi connectivity index (χ4n) is 2.27. The van der Waals surface area contributed by atoms with E-state index >= 15 is 0 Å². The standard InChI is InChI=1S/C15H14F2N6O/c1-3-8-7-11(22-23(8)2)14(24)19-15-18-13(20-21-15)12-9(16)5-4-6-10(12)17/h4-7H,3H2,1-2H3,(H2,18,19,20,21,24). The molecule has 2 N–H and O–H groups in total. The largest absolute Gasteiger partial charge is 0.288 e. The van der Waals surface area contributed by atoms with Crippen molar-refractivity contribution in [1.82, 2.24) is 25.0 Å². The van der Waals surface area contributed by atoms with Crippen molar-refractivity contribution >= 4 is 11.9 Å². The van der Waals surface area contributed by atoms with Gasteiger partial charge in [0.2, 0.25) is 5.95 Å². The van der Waals surface area contributed by atoms with E-state index in [4.69, 9.17) is 0 Å². The van der Waals surface area contributed by atoms with Crippen molar-refractivity contribution in [1.29, 1.82) is 0 Å². The van der Waals surface area contributed by atoms with E-state index in [0.717, 1.165) is 24.2 Å². The first-order chi connectivity index (χ1) is 11.5. The summed E-state index contributed by atoms with van der Waals surface area (Å²) in [6, 6.07) is 5.12. The number of amides is 1. The van der Waals surface area contributed by atoms with Crippen LogP contribution < -0.4 is 5.32 Å². The third kappa shape index (κ3) is 2.87. The molecule has 0 saturated carbocycles. The lowest BCUT2D eigenvalue weighted by molar-refractivity contribution is 0.102. The second-order valence-electron chi connectivity index (χ2n) is 5.06. The topological polar surface area (TPSA) is 88.5 Å². The summed E-state index contributed by atoms with van der Waals surface area (Å²) in [5.41, 5.74) is 0.763. The summed E-state index contributed by atoms with van der Waals surface area (Å²) in [6.07, 6.45) is 0.730. The monoisotopic (exact) mass is 332 g/mol. The van der Waals surface area contributed by atoms with Crippen molar-refractivity contribution in [2.75, 3.05) is 5.32 Å². The van der Waals surface area contributed by atoms with Crippen molar-refractivity contribution in [2.24, 2.45) is 7.05 Å². The molecule has 124 valence electrons. The van der Waals surface area contributed by atoms with Crippen molar-refractivity contribution in [3.63, 3.8) is 0 Å². The molecule has 0 atom stereocenters. The first-order valence-electron chi connectivity index (χ1n) is 7.20. The van der Waals surface area contributed by atoms with Gasteiger partial charge in [0.1, 0.15) is 11.6 Å². The summed E-state index contributed by atoms with van der Waals surface area (Å²) in [6.45, 7) is 1.95. The van der Waals surface area contributed by atoms with Crippen LogP contribution in [0.5, 0.6) is 0 Å². The summed E-state index contributed by atoms with van der Waals surface area (Å²) < 4.78 is 29.1. The second-order valence-corrected chi connectivity index (χ2v) is 5.06. The molecule has 1 amide bonds. The van der Waals surface area contributed by atoms with Crippen LogP contribution in [-0.2, 0) is 13.5 Å². The van der Waals surface area contributed by atoms with E-state index in [1.807, 2.05) is 6.92 Å². The third-order valence-electron chi connectivity index (χ3n) is 3.48. The van der Waals surface area contributed by atoms with E-state index in [-0.39, 0.29) is 23.0 Å². The number of rotatable bonds is 4. The minimum atomic E-state index is -0.777. The molecule has 1 aromatic carbocycles. The molecule has 0 unspecified atom stereocenters. The zero-order valence-corrected chi connectivity index (χ0v) is 13.0. The maximum Gasteiger partial charge on any atom is 0.278 e. The van der Waals surface area contributed by atoms with E-state index < -0.39 is 17.5 Å². The molecule has 3 aromatic rings. The number of anilines is 1. The molecule has 0 saturated heterocycles. The van der Waals surface area contributed by atoms with Crippen LogP contribution in [0.3, 0.4) is 0 Å². The summed E-state index contributed by atoms with van der Waals surface area (Å²) in [7, 11) is 1.74. The molecule has 7 nitrogen and oxygen atoms in total. The molecule has 0 bridgehead atoms. The highest BCUT2D eigenvalue weighted by atomic mass is 19.1. The Morgan fingerprint density at radius 2 is 2.04 bits per heavy atom. The van der Waals surface area contributed by atoms with Crippen LogP contribution in [0.15, 0.2) is 24.3 Å². The predicted octanol–water partition coefficient (Wildman–Crippen LogP) is 2.30. The summed E-state index contributed by atoms with van der Waals surface area (Å²) in [4.78, 5) is 16.1. The first-order valence-corrected chi connectivity index (χ1v) is 7.20. The summed E-state index contributed by atoms with van der Waals surface area (Å²) in [5, 5.41) is 12.7. The normalized spacial score (nSPS) is 10.8. The Morgan fingerprint density at radius 3 is 2.67 bits per heavy atom. The fraction of sp³-hybridized carbons (Fsp3) is 0.200. The van der Waals surface area contributed by atoms with E-state index in [1.54, 1.807) is 17.8 Å². The van der Waals surface area contributed by atoms with Gasteiger partial charge in [-0.25, -0.2) is 8.78 Å². The number of benzene rings is 1. The van der Waals surface area contributed by atoms with Gasteiger partial charge in [0.15, 0.2) is 11.5 Å². The summed E-state index contributed by atoms with van der Waals surface area (Å²) in [5.74, 6) is -2.27. The molecule has 24 heavy (non-hydrogen) atoms. The Balaban J connectivity index is 1.82. The van der Waals surface area contributed by atoms with E-state index in [1.165, 1.54) is 6.07 Å². The molecule has 0 aliphatic heterocycles. The molecule has 2 aromatic heterocycles. The number of H-pyrrole nitrogens is 1. The van der Waals surface area contributed by atoms with Crippen LogP contribution in [-0.4, -0.2) is 30.9 Å². The average Bonchev–Trinajstić information content (AvgIpc) is 3.14. The molecule has 2 heterocycles.